The van der Waals surface area contributed by atoms with Gasteiger partial charge in [-0.05, 0) is 44.7 Å². The number of nitrogen functional groups attached to an aromatic ring is 1. The van der Waals surface area contributed by atoms with Crippen molar-refractivity contribution in [2.24, 2.45) is 0 Å². The monoisotopic (exact) mass is 218 g/mol. The number of aryl methyl sites for hydroxylation is 1. The summed E-state index contributed by atoms with van der Waals surface area (Å²) in [4.78, 5) is 2.53. The van der Waals surface area contributed by atoms with E-state index in [2.05, 4.69) is 31.7 Å². The first kappa shape index (κ1) is 11.3. The summed E-state index contributed by atoms with van der Waals surface area (Å²) < 4.78 is 0. The molecule has 1 heterocycles. The van der Waals surface area contributed by atoms with Crippen LogP contribution >= 0.6 is 0 Å². The van der Waals surface area contributed by atoms with Crippen LogP contribution in [-0.4, -0.2) is 12.1 Å². The van der Waals surface area contributed by atoms with Crippen molar-refractivity contribution in [2.75, 3.05) is 10.6 Å². The van der Waals surface area contributed by atoms with E-state index in [0.717, 1.165) is 5.69 Å². The molecule has 0 radical (unpaired) electrons. The lowest BCUT2D eigenvalue weighted by Crippen LogP contribution is -2.35. The van der Waals surface area contributed by atoms with Crippen LogP contribution in [0.2, 0.25) is 0 Å². The molecule has 0 aromatic heterocycles. The molecule has 0 amide bonds. The molecule has 1 aliphatic heterocycles. The molecule has 2 unspecified atom stereocenters. The summed E-state index contributed by atoms with van der Waals surface area (Å²) in [5.74, 6) is 0. The van der Waals surface area contributed by atoms with Crippen LogP contribution < -0.4 is 10.6 Å². The highest BCUT2D eigenvalue weighted by Gasteiger charge is 2.31. The quantitative estimate of drug-likeness (QED) is 0.771. The van der Waals surface area contributed by atoms with E-state index in [-0.39, 0.29) is 0 Å². The molecule has 2 nitrogen and oxygen atoms in total. The number of hydrogen-bond donors (Lipinski definition) is 1. The summed E-state index contributed by atoms with van der Waals surface area (Å²) in [5, 5.41) is 0. The number of para-hydroxylation sites is 1. The van der Waals surface area contributed by atoms with Crippen LogP contribution in [-0.2, 0) is 0 Å². The van der Waals surface area contributed by atoms with Gasteiger partial charge in [0.1, 0.15) is 0 Å². The van der Waals surface area contributed by atoms with Crippen molar-refractivity contribution in [3.8, 4) is 0 Å². The average molecular weight is 218 g/mol. The Labute approximate surface area is 98.4 Å². The molecule has 0 aliphatic carbocycles. The molecule has 0 saturated carbocycles. The van der Waals surface area contributed by atoms with E-state index in [9.17, 15) is 0 Å². The van der Waals surface area contributed by atoms with Crippen molar-refractivity contribution < 1.29 is 0 Å². The Balaban J connectivity index is 2.42. The number of anilines is 2. The number of hydrogen-bond acceptors (Lipinski definition) is 2. The van der Waals surface area contributed by atoms with Crippen molar-refractivity contribution in [1.29, 1.82) is 0 Å². The predicted octanol–water partition coefficient (Wildman–Crippen LogP) is 3.34. The lowest BCUT2D eigenvalue weighted by Gasteiger charge is -2.32. The van der Waals surface area contributed by atoms with E-state index in [1.54, 1.807) is 0 Å². The zero-order chi connectivity index (χ0) is 11.7. The minimum absolute atomic E-state index is 0.619. The zero-order valence-electron chi connectivity index (χ0n) is 10.5. The molecular formula is C14H22N2. The van der Waals surface area contributed by atoms with Gasteiger partial charge in [-0.15, -0.1) is 0 Å². The second kappa shape index (κ2) is 4.36. The van der Waals surface area contributed by atoms with Gasteiger partial charge in [0, 0.05) is 12.1 Å². The molecule has 0 bridgehead atoms. The second-order valence-electron chi connectivity index (χ2n) is 4.91. The van der Waals surface area contributed by atoms with Gasteiger partial charge in [-0.3, -0.25) is 0 Å². The summed E-state index contributed by atoms with van der Waals surface area (Å²) in [6.07, 6.45) is 3.79. The minimum Gasteiger partial charge on any atom is -0.397 e. The van der Waals surface area contributed by atoms with Crippen LogP contribution in [0.15, 0.2) is 18.2 Å². The molecule has 0 spiro atoms. The van der Waals surface area contributed by atoms with Gasteiger partial charge in [0.05, 0.1) is 11.4 Å². The van der Waals surface area contributed by atoms with Gasteiger partial charge in [-0.2, -0.15) is 0 Å². The fraction of sp³-hybridized carbons (Fsp3) is 0.571. The van der Waals surface area contributed by atoms with E-state index in [1.807, 2.05) is 12.1 Å². The van der Waals surface area contributed by atoms with Crippen LogP contribution in [0.4, 0.5) is 11.4 Å². The summed E-state index contributed by atoms with van der Waals surface area (Å²) in [5.41, 5.74) is 9.62. The van der Waals surface area contributed by atoms with E-state index < -0.39 is 0 Å². The Morgan fingerprint density at radius 3 is 2.75 bits per heavy atom. The summed E-state index contributed by atoms with van der Waals surface area (Å²) in [6.45, 7) is 6.73. The van der Waals surface area contributed by atoms with Crippen LogP contribution in [0.3, 0.4) is 0 Å². The van der Waals surface area contributed by atoms with Crippen LogP contribution in [0.1, 0.15) is 38.7 Å². The Morgan fingerprint density at radius 1 is 1.38 bits per heavy atom. The molecule has 88 valence electrons. The first-order valence-electron chi connectivity index (χ1n) is 6.28. The third-order valence-electron chi connectivity index (χ3n) is 3.78. The average Bonchev–Trinajstić information content (AvgIpc) is 2.60. The molecule has 1 fully saturated rings. The van der Waals surface area contributed by atoms with E-state index in [1.165, 1.54) is 30.5 Å². The van der Waals surface area contributed by atoms with Gasteiger partial charge in [-0.25, -0.2) is 0 Å². The van der Waals surface area contributed by atoms with Crippen LogP contribution in [0.5, 0.6) is 0 Å². The van der Waals surface area contributed by atoms with E-state index >= 15 is 0 Å². The highest BCUT2D eigenvalue weighted by atomic mass is 15.2. The van der Waals surface area contributed by atoms with Gasteiger partial charge in [0.25, 0.3) is 0 Å². The van der Waals surface area contributed by atoms with Crippen molar-refractivity contribution in [3.63, 3.8) is 0 Å². The Kier molecular flexibility index (Phi) is 3.08. The maximum absolute atomic E-state index is 6.14. The lowest BCUT2D eigenvalue weighted by atomic mass is 10.1. The highest BCUT2D eigenvalue weighted by Crippen LogP contribution is 2.37. The standard InChI is InChI=1S/C14H22N2/c1-4-12-9-8-11(3)16(12)14-10(2)6-5-7-13(14)15/h5-7,11-12H,4,8-9,15H2,1-3H3. The zero-order valence-corrected chi connectivity index (χ0v) is 10.5. The third kappa shape index (κ3) is 1.77. The molecule has 1 aromatic carbocycles. The fourth-order valence-electron chi connectivity index (χ4n) is 2.91. The smallest absolute Gasteiger partial charge is 0.0634 e. The number of nitrogens with zero attached hydrogens (tertiary/aromatic N) is 1. The van der Waals surface area contributed by atoms with Gasteiger partial charge in [0.2, 0.25) is 0 Å². The molecule has 1 aromatic rings. The molecule has 1 saturated heterocycles. The van der Waals surface area contributed by atoms with Crippen molar-refractivity contribution >= 4 is 11.4 Å². The highest BCUT2D eigenvalue weighted by molar-refractivity contribution is 5.72. The molecule has 2 N–H and O–H groups in total. The second-order valence-corrected chi connectivity index (χ2v) is 4.91. The van der Waals surface area contributed by atoms with Gasteiger partial charge in [-0.1, -0.05) is 19.1 Å². The summed E-state index contributed by atoms with van der Waals surface area (Å²) in [7, 11) is 0. The summed E-state index contributed by atoms with van der Waals surface area (Å²) >= 11 is 0. The predicted molar refractivity (Wildman–Crippen MR) is 70.8 cm³/mol. The number of nitrogens with two attached hydrogens (primary N) is 1. The SMILES string of the molecule is CCC1CCC(C)N1c1c(C)cccc1N. The fourth-order valence-corrected chi connectivity index (χ4v) is 2.91. The van der Waals surface area contributed by atoms with Crippen molar-refractivity contribution in [3.05, 3.63) is 23.8 Å². The van der Waals surface area contributed by atoms with Crippen molar-refractivity contribution in [2.45, 2.75) is 52.1 Å². The normalized spacial score (nSPS) is 25.1. The van der Waals surface area contributed by atoms with Crippen LogP contribution in [0.25, 0.3) is 0 Å². The Morgan fingerprint density at radius 2 is 2.12 bits per heavy atom. The summed E-state index contributed by atoms with van der Waals surface area (Å²) in [6, 6.07) is 7.49. The van der Waals surface area contributed by atoms with E-state index in [4.69, 9.17) is 5.73 Å². The molecule has 16 heavy (non-hydrogen) atoms. The first-order valence-corrected chi connectivity index (χ1v) is 6.28. The maximum atomic E-state index is 6.14. The first-order chi connectivity index (χ1) is 7.65. The van der Waals surface area contributed by atoms with Crippen LogP contribution in [0, 0.1) is 6.92 Å². The number of benzene rings is 1. The molecule has 2 atom stereocenters. The molecule has 2 heteroatoms. The molecular weight excluding hydrogens is 196 g/mol. The van der Waals surface area contributed by atoms with Gasteiger partial charge < -0.3 is 10.6 Å². The lowest BCUT2D eigenvalue weighted by molar-refractivity contribution is 0.627. The Hall–Kier alpha value is -1.18. The van der Waals surface area contributed by atoms with Gasteiger partial charge in [0.15, 0.2) is 0 Å². The van der Waals surface area contributed by atoms with Crippen molar-refractivity contribution in [1.82, 2.24) is 0 Å². The Bertz CT molecular complexity index is 353. The van der Waals surface area contributed by atoms with E-state index in [0.29, 0.717) is 12.1 Å². The minimum atomic E-state index is 0.619. The largest absolute Gasteiger partial charge is 0.397 e. The number of rotatable bonds is 2. The topological polar surface area (TPSA) is 29.3 Å². The molecule has 2 rings (SSSR count). The van der Waals surface area contributed by atoms with Gasteiger partial charge >= 0.3 is 0 Å². The maximum Gasteiger partial charge on any atom is 0.0634 e. The third-order valence-corrected chi connectivity index (χ3v) is 3.78. The molecule has 1 aliphatic rings.